The number of hydrogen-bond donors (Lipinski definition) is 1. The van der Waals surface area contributed by atoms with E-state index in [0.29, 0.717) is 16.0 Å². The molecule has 1 heterocycles. The van der Waals surface area contributed by atoms with Crippen LogP contribution in [-0.4, -0.2) is 29.2 Å². The van der Waals surface area contributed by atoms with Crippen molar-refractivity contribution in [1.29, 1.82) is 0 Å². The highest BCUT2D eigenvalue weighted by Crippen LogP contribution is 2.31. The van der Waals surface area contributed by atoms with Crippen molar-refractivity contribution in [2.24, 2.45) is 0 Å². The van der Waals surface area contributed by atoms with Crippen LogP contribution >= 0.6 is 15.9 Å². The third kappa shape index (κ3) is 3.22. The Bertz CT molecular complexity index is 594. The van der Waals surface area contributed by atoms with Gasteiger partial charge >= 0.3 is 12.0 Å². The fraction of sp³-hybridized carbons (Fsp3) is 0.182. The number of rotatable bonds is 4. The zero-order valence-corrected chi connectivity index (χ0v) is 11.8. The number of aromatic nitrogens is 3. The molecule has 1 aromatic heterocycles. The smallest absolute Gasteiger partial charge is 0.330 e. The predicted octanol–water partition coefficient (Wildman–Crippen LogP) is 2.03. The van der Waals surface area contributed by atoms with Gasteiger partial charge in [0.25, 0.3) is 0 Å². The molecule has 0 spiro atoms. The molecule has 0 fully saturated rings. The van der Waals surface area contributed by atoms with Crippen LogP contribution in [0.15, 0.2) is 22.7 Å². The Hall–Kier alpha value is -2.09. The second kappa shape index (κ2) is 5.70. The number of hydrogen-bond acceptors (Lipinski definition) is 7. The van der Waals surface area contributed by atoms with Gasteiger partial charge in [-0.3, -0.25) is 0 Å². The monoisotopic (exact) mass is 326 g/mol. The van der Waals surface area contributed by atoms with Crippen LogP contribution in [0.1, 0.15) is 0 Å². The number of halogens is 1. The number of nitrogens with zero attached hydrogens (tertiary/aromatic N) is 3. The van der Waals surface area contributed by atoms with E-state index in [1.54, 1.807) is 25.3 Å². The molecule has 0 aliphatic carbocycles. The van der Waals surface area contributed by atoms with Crippen LogP contribution in [0.4, 0.5) is 5.95 Å². The van der Waals surface area contributed by atoms with Gasteiger partial charge in [-0.1, -0.05) is 0 Å². The van der Waals surface area contributed by atoms with Crippen LogP contribution in [0.25, 0.3) is 0 Å². The molecule has 0 aliphatic rings. The summed E-state index contributed by atoms with van der Waals surface area (Å²) in [7, 11) is 3.02. The maximum Gasteiger partial charge on any atom is 0.330 e. The lowest BCUT2D eigenvalue weighted by atomic mass is 10.3. The van der Waals surface area contributed by atoms with Crippen LogP contribution in [0.2, 0.25) is 0 Å². The summed E-state index contributed by atoms with van der Waals surface area (Å²) in [5.41, 5.74) is 5.52. The molecule has 0 aliphatic heterocycles. The van der Waals surface area contributed by atoms with E-state index in [1.807, 2.05) is 0 Å². The minimum atomic E-state index is 0.0199. The Morgan fingerprint density at radius 3 is 2.42 bits per heavy atom. The first-order valence-electron chi connectivity index (χ1n) is 5.19. The molecular formula is C11H11BrN4O3. The lowest BCUT2D eigenvalue weighted by Gasteiger charge is -2.08. The maximum atomic E-state index is 5.52. The molecule has 7 nitrogen and oxygen atoms in total. The van der Waals surface area contributed by atoms with Crippen LogP contribution in [0.3, 0.4) is 0 Å². The molecule has 2 N–H and O–H groups in total. The topological polar surface area (TPSA) is 92.4 Å². The molecule has 0 atom stereocenters. The van der Waals surface area contributed by atoms with Crippen LogP contribution in [0, 0.1) is 0 Å². The molecular weight excluding hydrogens is 316 g/mol. The molecule has 0 saturated heterocycles. The van der Waals surface area contributed by atoms with Crippen molar-refractivity contribution in [3.63, 3.8) is 0 Å². The van der Waals surface area contributed by atoms with Gasteiger partial charge in [-0.15, -0.1) is 4.98 Å². The molecule has 0 amide bonds. The summed E-state index contributed by atoms with van der Waals surface area (Å²) in [4.78, 5) is 11.6. The fourth-order valence-electron chi connectivity index (χ4n) is 1.28. The highest BCUT2D eigenvalue weighted by atomic mass is 79.9. The van der Waals surface area contributed by atoms with Crippen LogP contribution in [-0.2, 0) is 0 Å². The lowest BCUT2D eigenvalue weighted by molar-refractivity contribution is 0.359. The average molecular weight is 327 g/mol. The van der Waals surface area contributed by atoms with Gasteiger partial charge in [0.15, 0.2) is 0 Å². The van der Waals surface area contributed by atoms with E-state index in [9.17, 15) is 0 Å². The fourth-order valence-corrected chi connectivity index (χ4v) is 1.72. The van der Waals surface area contributed by atoms with Crippen molar-refractivity contribution >= 4 is 21.9 Å². The number of nitrogens with two attached hydrogens (primary N) is 1. The van der Waals surface area contributed by atoms with Crippen LogP contribution in [0.5, 0.6) is 23.5 Å². The number of benzene rings is 1. The number of nitrogen functional groups attached to an aromatic ring is 1. The predicted molar refractivity (Wildman–Crippen MR) is 71.6 cm³/mol. The number of anilines is 1. The van der Waals surface area contributed by atoms with Gasteiger partial charge in [0, 0.05) is 0 Å². The highest BCUT2D eigenvalue weighted by molar-refractivity contribution is 9.10. The first kappa shape index (κ1) is 13.3. The van der Waals surface area contributed by atoms with E-state index in [4.69, 9.17) is 19.9 Å². The second-order valence-corrected chi connectivity index (χ2v) is 4.22. The average Bonchev–Trinajstić information content (AvgIpc) is 2.40. The van der Waals surface area contributed by atoms with Gasteiger partial charge in [0.1, 0.15) is 11.5 Å². The first-order chi connectivity index (χ1) is 9.12. The molecule has 2 aromatic rings. The molecule has 0 radical (unpaired) electrons. The van der Waals surface area contributed by atoms with Crippen molar-refractivity contribution < 1.29 is 14.2 Å². The quantitative estimate of drug-likeness (QED) is 0.918. The second-order valence-electron chi connectivity index (χ2n) is 3.36. The highest BCUT2D eigenvalue weighted by Gasteiger charge is 2.09. The zero-order chi connectivity index (χ0) is 13.8. The summed E-state index contributed by atoms with van der Waals surface area (Å²) in [6, 6.07) is 5.37. The molecule has 19 heavy (non-hydrogen) atoms. The van der Waals surface area contributed by atoms with Gasteiger partial charge in [-0.2, -0.15) is 9.97 Å². The lowest BCUT2D eigenvalue weighted by Crippen LogP contribution is -2.03. The third-order valence-corrected chi connectivity index (χ3v) is 2.75. The molecule has 8 heteroatoms. The van der Waals surface area contributed by atoms with E-state index in [0.717, 1.165) is 0 Å². The summed E-state index contributed by atoms with van der Waals surface area (Å²) in [6.45, 7) is 0. The van der Waals surface area contributed by atoms with E-state index >= 15 is 0 Å². The van der Waals surface area contributed by atoms with E-state index in [2.05, 4.69) is 30.9 Å². The van der Waals surface area contributed by atoms with E-state index in [-0.39, 0.29) is 18.0 Å². The van der Waals surface area contributed by atoms with Gasteiger partial charge in [0.2, 0.25) is 5.95 Å². The molecule has 0 bridgehead atoms. The summed E-state index contributed by atoms with van der Waals surface area (Å²) >= 11 is 3.36. The van der Waals surface area contributed by atoms with Crippen molar-refractivity contribution in [2.45, 2.75) is 0 Å². The molecule has 100 valence electrons. The normalized spacial score (nSPS) is 10.1. The van der Waals surface area contributed by atoms with Gasteiger partial charge in [-0.05, 0) is 34.1 Å². The Labute approximate surface area is 117 Å². The van der Waals surface area contributed by atoms with Gasteiger partial charge in [0.05, 0.1) is 18.7 Å². The Morgan fingerprint density at radius 2 is 1.79 bits per heavy atom. The largest absolute Gasteiger partial charge is 0.497 e. The minimum absolute atomic E-state index is 0.0199. The van der Waals surface area contributed by atoms with Crippen molar-refractivity contribution in [3.05, 3.63) is 22.7 Å². The third-order valence-electron chi connectivity index (χ3n) is 2.13. The minimum Gasteiger partial charge on any atom is -0.497 e. The van der Waals surface area contributed by atoms with Crippen LogP contribution < -0.4 is 19.9 Å². The summed E-state index contributed by atoms with van der Waals surface area (Å²) in [6.07, 6.45) is 0. The zero-order valence-electron chi connectivity index (χ0n) is 10.3. The standard InChI is InChI=1S/C11H11BrN4O3/c1-17-6-3-4-8(7(12)5-6)19-11-15-9(13)14-10(16-11)18-2/h3-5H,1-2H3,(H2,13,14,15,16). The summed E-state index contributed by atoms with van der Waals surface area (Å²) in [5, 5.41) is 0. The molecule has 2 rings (SSSR count). The number of ether oxygens (including phenoxy) is 3. The molecule has 1 aromatic carbocycles. The summed E-state index contributed by atoms with van der Waals surface area (Å²) in [5.74, 6) is 1.24. The Balaban J connectivity index is 2.28. The molecule has 0 unspecified atom stereocenters. The van der Waals surface area contributed by atoms with E-state index in [1.165, 1.54) is 7.11 Å². The SMILES string of the molecule is COc1ccc(Oc2nc(N)nc(OC)n2)c(Br)c1. The van der Waals surface area contributed by atoms with Gasteiger partial charge < -0.3 is 19.9 Å². The van der Waals surface area contributed by atoms with Crippen molar-refractivity contribution in [1.82, 2.24) is 15.0 Å². The first-order valence-corrected chi connectivity index (χ1v) is 5.98. The Morgan fingerprint density at radius 1 is 1.05 bits per heavy atom. The molecule has 0 saturated carbocycles. The van der Waals surface area contributed by atoms with Crippen molar-refractivity contribution in [2.75, 3.05) is 20.0 Å². The van der Waals surface area contributed by atoms with Gasteiger partial charge in [-0.25, -0.2) is 0 Å². The Kier molecular flexibility index (Phi) is 4.00. The maximum absolute atomic E-state index is 5.52. The number of methoxy groups -OCH3 is 2. The summed E-state index contributed by atoms with van der Waals surface area (Å²) < 4.78 is 16.2. The van der Waals surface area contributed by atoms with E-state index < -0.39 is 0 Å². The van der Waals surface area contributed by atoms with Crippen molar-refractivity contribution in [3.8, 4) is 23.5 Å².